The number of fused-ring (bicyclic) bond motifs is 1. The summed E-state index contributed by atoms with van der Waals surface area (Å²) in [6.45, 7) is 0. The number of aromatic nitrogens is 1. The van der Waals surface area contributed by atoms with Gasteiger partial charge in [0, 0.05) is 23.7 Å². The topological polar surface area (TPSA) is 129 Å². The summed E-state index contributed by atoms with van der Waals surface area (Å²) in [5, 5.41) is 20.0. The second-order valence-corrected chi connectivity index (χ2v) is 6.59. The molecule has 1 heterocycles. The van der Waals surface area contributed by atoms with Crippen molar-refractivity contribution in [2.75, 3.05) is 4.72 Å². The van der Waals surface area contributed by atoms with Crippen LogP contribution in [0.15, 0.2) is 53.6 Å². The predicted molar refractivity (Wildman–Crippen MR) is 86.9 cm³/mol. The van der Waals surface area contributed by atoms with E-state index in [1.165, 1.54) is 36.5 Å². The normalized spacial score (nSPS) is 11.1. The number of anilines is 1. The minimum absolute atomic E-state index is 0.0326. The average molecular weight is 342 g/mol. The summed E-state index contributed by atoms with van der Waals surface area (Å²) in [4.78, 5) is 12.9. The highest BCUT2D eigenvalue weighted by Gasteiger charge is 2.20. The first-order valence-corrected chi connectivity index (χ1v) is 8.17. The summed E-state index contributed by atoms with van der Waals surface area (Å²) in [5.41, 5.74) is 0.786. The number of H-pyrrole nitrogens is 1. The standard InChI is InChI=1S/C15H10N4O4S/c16-8-10-2-1-3-11(6-10)18-24(22,23)15-9-17-14-7-12(19(20)21)4-5-13(14)15/h1-7,9,17-18H. The second kappa shape index (κ2) is 5.68. The lowest BCUT2D eigenvalue weighted by Gasteiger charge is -2.07. The van der Waals surface area contributed by atoms with E-state index in [2.05, 4.69) is 9.71 Å². The molecule has 8 nitrogen and oxygen atoms in total. The fourth-order valence-electron chi connectivity index (χ4n) is 2.29. The summed E-state index contributed by atoms with van der Waals surface area (Å²) < 4.78 is 27.5. The number of nitro benzene ring substituents is 1. The lowest BCUT2D eigenvalue weighted by atomic mass is 10.2. The highest BCUT2D eigenvalue weighted by atomic mass is 32.2. The molecule has 2 N–H and O–H groups in total. The Morgan fingerprint density at radius 3 is 2.71 bits per heavy atom. The fourth-order valence-corrected chi connectivity index (χ4v) is 3.51. The van der Waals surface area contributed by atoms with Crippen LogP contribution < -0.4 is 4.72 Å². The molecule has 0 aliphatic carbocycles. The number of nitrogens with one attached hydrogen (secondary N) is 2. The molecule has 0 bridgehead atoms. The molecule has 3 rings (SSSR count). The van der Waals surface area contributed by atoms with E-state index in [-0.39, 0.29) is 16.3 Å². The Kier molecular flexibility index (Phi) is 3.67. The fraction of sp³-hybridized carbons (Fsp3) is 0. The van der Waals surface area contributed by atoms with Gasteiger partial charge >= 0.3 is 0 Å². The second-order valence-electron chi connectivity index (χ2n) is 4.94. The van der Waals surface area contributed by atoms with Crippen molar-refractivity contribution in [1.82, 2.24) is 4.98 Å². The van der Waals surface area contributed by atoms with Gasteiger partial charge < -0.3 is 4.98 Å². The van der Waals surface area contributed by atoms with E-state index in [1.807, 2.05) is 6.07 Å². The maximum absolute atomic E-state index is 12.5. The van der Waals surface area contributed by atoms with Crippen LogP contribution in [0.1, 0.15) is 5.56 Å². The zero-order chi connectivity index (χ0) is 17.3. The summed E-state index contributed by atoms with van der Waals surface area (Å²) >= 11 is 0. The first-order chi connectivity index (χ1) is 11.4. The van der Waals surface area contributed by atoms with E-state index in [0.29, 0.717) is 16.5 Å². The van der Waals surface area contributed by atoms with Crippen molar-refractivity contribution in [1.29, 1.82) is 5.26 Å². The van der Waals surface area contributed by atoms with E-state index in [1.54, 1.807) is 12.1 Å². The number of nitriles is 1. The van der Waals surface area contributed by atoms with Gasteiger partial charge in [0.15, 0.2) is 0 Å². The van der Waals surface area contributed by atoms with Gasteiger partial charge in [-0.2, -0.15) is 5.26 Å². The van der Waals surface area contributed by atoms with E-state index in [0.717, 1.165) is 0 Å². The molecule has 2 aromatic carbocycles. The molecule has 120 valence electrons. The number of nitro groups is 1. The quantitative estimate of drug-likeness (QED) is 0.556. The lowest BCUT2D eigenvalue weighted by molar-refractivity contribution is -0.384. The highest BCUT2D eigenvalue weighted by molar-refractivity contribution is 7.93. The number of nitrogens with zero attached hydrogens (tertiary/aromatic N) is 2. The van der Waals surface area contributed by atoms with E-state index >= 15 is 0 Å². The zero-order valence-electron chi connectivity index (χ0n) is 12.1. The van der Waals surface area contributed by atoms with Crippen LogP contribution >= 0.6 is 0 Å². The van der Waals surface area contributed by atoms with Gasteiger partial charge in [-0.25, -0.2) is 8.42 Å². The Morgan fingerprint density at radius 1 is 1.21 bits per heavy atom. The van der Waals surface area contributed by atoms with Crippen molar-refractivity contribution >= 4 is 32.3 Å². The molecule has 0 spiro atoms. The Hall–Kier alpha value is -3.38. The van der Waals surface area contributed by atoms with Crippen LogP contribution in [0.2, 0.25) is 0 Å². The molecule has 0 saturated heterocycles. The van der Waals surface area contributed by atoms with Crippen molar-refractivity contribution in [2.45, 2.75) is 4.90 Å². The number of sulfonamides is 1. The number of hydrogen-bond donors (Lipinski definition) is 2. The summed E-state index contributed by atoms with van der Waals surface area (Å²) in [6, 6.07) is 11.9. The Bertz CT molecular complexity index is 1100. The van der Waals surface area contributed by atoms with Gasteiger partial charge in [-0.15, -0.1) is 0 Å². The maximum Gasteiger partial charge on any atom is 0.271 e. The van der Waals surface area contributed by atoms with Gasteiger partial charge in [-0.1, -0.05) is 6.07 Å². The molecule has 1 aromatic heterocycles. The molecule has 0 saturated carbocycles. The Balaban J connectivity index is 2.02. The third kappa shape index (κ3) is 2.78. The molecule has 0 aliphatic rings. The Labute approximate surface area is 136 Å². The lowest BCUT2D eigenvalue weighted by Crippen LogP contribution is -2.12. The van der Waals surface area contributed by atoms with Crippen molar-refractivity contribution in [3.05, 3.63) is 64.3 Å². The van der Waals surface area contributed by atoms with E-state index < -0.39 is 14.9 Å². The molecule has 0 radical (unpaired) electrons. The number of benzene rings is 2. The molecule has 9 heteroatoms. The number of aromatic amines is 1. The van der Waals surface area contributed by atoms with Crippen LogP contribution in [0.4, 0.5) is 11.4 Å². The summed E-state index contributed by atoms with van der Waals surface area (Å²) in [5.74, 6) is 0. The van der Waals surface area contributed by atoms with Gasteiger partial charge in [-0.05, 0) is 24.3 Å². The molecular weight excluding hydrogens is 332 g/mol. The number of hydrogen-bond acceptors (Lipinski definition) is 5. The smallest absolute Gasteiger partial charge is 0.271 e. The summed E-state index contributed by atoms with van der Waals surface area (Å²) in [7, 11) is -3.92. The largest absolute Gasteiger partial charge is 0.360 e. The van der Waals surface area contributed by atoms with E-state index in [4.69, 9.17) is 5.26 Å². The van der Waals surface area contributed by atoms with Crippen LogP contribution in [0.5, 0.6) is 0 Å². The SMILES string of the molecule is N#Cc1cccc(NS(=O)(=O)c2c[nH]c3cc([N+](=O)[O-])ccc23)c1. The van der Waals surface area contributed by atoms with Crippen LogP contribution in [-0.4, -0.2) is 18.3 Å². The predicted octanol–water partition coefficient (Wildman–Crippen LogP) is 2.75. The van der Waals surface area contributed by atoms with Crippen molar-refractivity contribution in [3.63, 3.8) is 0 Å². The van der Waals surface area contributed by atoms with Crippen LogP contribution in [0, 0.1) is 21.4 Å². The number of rotatable bonds is 4. The van der Waals surface area contributed by atoms with Gasteiger partial charge in [0.1, 0.15) is 4.90 Å². The molecule has 3 aromatic rings. The monoisotopic (exact) mass is 342 g/mol. The first-order valence-electron chi connectivity index (χ1n) is 6.69. The summed E-state index contributed by atoms with van der Waals surface area (Å²) in [6.07, 6.45) is 1.27. The molecule has 0 unspecified atom stereocenters. The van der Waals surface area contributed by atoms with Crippen LogP contribution in [-0.2, 0) is 10.0 Å². The molecule has 24 heavy (non-hydrogen) atoms. The molecule has 0 aliphatic heterocycles. The molecule has 0 amide bonds. The van der Waals surface area contributed by atoms with Gasteiger partial charge in [0.2, 0.25) is 0 Å². The first kappa shape index (κ1) is 15.5. The molecule has 0 fully saturated rings. The van der Waals surface area contributed by atoms with E-state index in [9.17, 15) is 18.5 Å². The minimum Gasteiger partial charge on any atom is -0.360 e. The van der Waals surface area contributed by atoms with Crippen molar-refractivity contribution < 1.29 is 13.3 Å². The van der Waals surface area contributed by atoms with Gasteiger partial charge in [0.05, 0.1) is 27.8 Å². The highest BCUT2D eigenvalue weighted by Crippen LogP contribution is 2.27. The third-order valence-electron chi connectivity index (χ3n) is 3.37. The average Bonchev–Trinajstić information content (AvgIpc) is 2.98. The number of non-ortho nitro benzene ring substituents is 1. The van der Waals surface area contributed by atoms with Crippen LogP contribution in [0.3, 0.4) is 0 Å². The van der Waals surface area contributed by atoms with Crippen molar-refractivity contribution in [2.24, 2.45) is 0 Å². The maximum atomic E-state index is 12.5. The van der Waals surface area contributed by atoms with Crippen molar-refractivity contribution in [3.8, 4) is 6.07 Å². The minimum atomic E-state index is -3.92. The Morgan fingerprint density at radius 2 is 2.00 bits per heavy atom. The van der Waals surface area contributed by atoms with Crippen LogP contribution in [0.25, 0.3) is 10.9 Å². The van der Waals surface area contributed by atoms with Gasteiger partial charge in [0.25, 0.3) is 15.7 Å². The van der Waals surface area contributed by atoms with Gasteiger partial charge in [-0.3, -0.25) is 14.8 Å². The molecule has 0 atom stereocenters. The zero-order valence-corrected chi connectivity index (χ0v) is 12.9. The molecular formula is C15H10N4O4S. The third-order valence-corrected chi connectivity index (χ3v) is 4.79.